The van der Waals surface area contributed by atoms with E-state index in [9.17, 15) is 30.0 Å². The minimum Gasteiger partial charge on any atom is -0.507 e. The highest BCUT2D eigenvalue weighted by Gasteiger charge is 2.68. The van der Waals surface area contributed by atoms with Gasteiger partial charge in [0.15, 0.2) is 24.0 Å². The lowest BCUT2D eigenvalue weighted by molar-refractivity contribution is -0.239. The highest BCUT2D eigenvalue weighted by atomic mass is 16.7. The van der Waals surface area contributed by atoms with Crippen molar-refractivity contribution in [2.24, 2.45) is 11.8 Å². The summed E-state index contributed by atoms with van der Waals surface area (Å²) in [7, 11) is 1.46. The van der Waals surface area contributed by atoms with Crippen LogP contribution in [0.2, 0.25) is 0 Å². The lowest BCUT2D eigenvalue weighted by Crippen LogP contribution is -2.55. The Bertz CT molecular complexity index is 900. The third kappa shape index (κ3) is 4.35. The maximum absolute atomic E-state index is 13.7. The Kier molecular flexibility index (Phi) is 8.04. The molecule has 190 valence electrons. The maximum atomic E-state index is 13.7. The van der Waals surface area contributed by atoms with Crippen molar-refractivity contribution in [1.82, 2.24) is 0 Å². The summed E-state index contributed by atoms with van der Waals surface area (Å²) >= 11 is 0. The molecule has 1 aromatic carbocycles. The summed E-state index contributed by atoms with van der Waals surface area (Å²) < 4.78 is 16.8. The van der Waals surface area contributed by atoms with E-state index in [1.54, 1.807) is 0 Å². The third-order valence-corrected chi connectivity index (χ3v) is 7.10. The molecule has 1 spiro atoms. The van der Waals surface area contributed by atoms with E-state index in [2.05, 4.69) is 0 Å². The van der Waals surface area contributed by atoms with Crippen molar-refractivity contribution in [2.45, 2.75) is 89.7 Å². The molecule has 0 amide bonds. The Morgan fingerprint density at radius 1 is 1.26 bits per heavy atom. The number of ketones is 1. The molecule has 2 aliphatic heterocycles. The minimum absolute atomic E-state index is 0.0723. The number of aromatic hydroxyl groups is 2. The lowest BCUT2D eigenvalue weighted by Gasteiger charge is -2.39. The van der Waals surface area contributed by atoms with Gasteiger partial charge in [-0.1, -0.05) is 34.1 Å². The van der Waals surface area contributed by atoms with Crippen LogP contribution in [0.15, 0.2) is 6.07 Å². The van der Waals surface area contributed by atoms with Crippen molar-refractivity contribution in [3.63, 3.8) is 0 Å². The summed E-state index contributed by atoms with van der Waals surface area (Å²) in [5.74, 6) is -2.47. The number of carbonyl (C=O) groups excluding carboxylic acids is 2. The summed E-state index contributed by atoms with van der Waals surface area (Å²) in [6.45, 7) is 7.49. The number of hydrogen-bond acceptors (Lipinski definition) is 9. The fraction of sp³-hybridized carbons (Fsp3) is 0.680. The first-order chi connectivity index (χ1) is 16.1. The SMILES string of the molecule is CCC[C@H](C(=O)c1cc([C@@H](OC)C(C)C)c(O)c(C=O)c1O)[C@H]1C[C@@H](O)[C@]2(O[C@H]2CC)[C@H](O)O1. The molecule has 34 heavy (non-hydrogen) atoms. The van der Waals surface area contributed by atoms with Crippen molar-refractivity contribution in [3.8, 4) is 11.5 Å². The van der Waals surface area contributed by atoms with Gasteiger partial charge in [-0.15, -0.1) is 0 Å². The first-order valence-corrected chi connectivity index (χ1v) is 11.9. The van der Waals surface area contributed by atoms with Gasteiger partial charge in [0.1, 0.15) is 11.5 Å². The number of methoxy groups -OCH3 is 1. The van der Waals surface area contributed by atoms with Gasteiger partial charge in [0.2, 0.25) is 0 Å². The second-order valence-corrected chi connectivity index (χ2v) is 9.55. The number of aliphatic hydroxyl groups excluding tert-OH is 2. The fourth-order valence-corrected chi connectivity index (χ4v) is 5.26. The number of rotatable bonds is 10. The molecule has 2 saturated heterocycles. The molecule has 2 fully saturated rings. The van der Waals surface area contributed by atoms with Crippen LogP contribution in [-0.4, -0.2) is 69.8 Å². The average molecular weight is 481 g/mol. The molecule has 4 N–H and O–H groups in total. The number of carbonyl (C=O) groups is 2. The summed E-state index contributed by atoms with van der Waals surface area (Å²) in [4.78, 5) is 25.4. The van der Waals surface area contributed by atoms with Gasteiger partial charge in [-0.05, 0) is 24.8 Å². The smallest absolute Gasteiger partial charge is 0.189 e. The molecular formula is C25H36O9. The molecule has 9 heteroatoms. The molecular weight excluding hydrogens is 444 g/mol. The number of ether oxygens (including phenoxy) is 3. The Balaban J connectivity index is 1.99. The monoisotopic (exact) mass is 480 g/mol. The first kappa shape index (κ1) is 26.6. The summed E-state index contributed by atoms with van der Waals surface area (Å²) in [6.07, 6.45) is -2.25. The van der Waals surface area contributed by atoms with Crippen molar-refractivity contribution >= 4 is 12.1 Å². The van der Waals surface area contributed by atoms with Crippen LogP contribution in [0.4, 0.5) is 0 Å². The zero-order valence-electron chi connectivity index (χ0n) is 20.4. The quantitative estimate of drug-likeness (QED) is 0.225. The van der Waals surface area contributed by atoms with Crippen LogP contribution in [0.1, 0.15) is 85.8 Å². The summed E-state index contributed by atoms with van der Waals surface area (Å²) in [6, 6.07) is 1.35. The Morgan fingerprint density at radius 2 is 1.94 bits per heavy atom. The third-order valence-electron chi connectivity index (χ3n) is 7.10. The van der Waals surface area contributed by atoms with Crippen LogP contribution in [0.5, 0.6) is 11.5 Å². The van der Waals surface area contributed by atoms with Crippen LogP contribution < -0.4 is 0 Å². The largest absolute Gasteiger partial charge is 0.507 e. The van der Waals surface area contributed by atoms with Crippen LogP contribution in [0, 0.1) is 11.8 Å². The van der Waals surface area contributed by atoms with Crippen molar-refractivity contribution in [3.05, 3.63) is 22.8 Å². The molecule has 0 aromatic heterocycles. The fourth-order valence-electron chi connectivity index (χ4n) is 5.26. The van der Waals surface area contributed by atoms with Crippen LogP contribution in [0.3, 0.4) is 0 Å². The van der Waals surface area contributed by atoms with E-state index in [4.69, 9.17) is 14.2 Å². The number of benzene rings is 1. The molecule has 0 unspecified atom stereocenters. The van der Waals surface area contributed by atoms with Crippen LogP contribution >= 0.6 is 0 Å². The number of aliphatic hydroxyl groups is 2. The molecule has 3 rings (SSSR count). The second-order valence-electron chi connectivity index (χ2n) is 9.55. The standard InChI is InChI=1S/C25H36O9/c1-6-8-13(17-10-18(27)25(24(31)33-17)19(7-2)34-25)20(28)14-9-15(23(32-5)12(3)4)22(30)16(11-26)21(14)29/h9,11-13,17-19,23-24,27,29-31H,6-8,10H2,1-5H3/t13-,17+,18+,19-,23-,24+,25+/m0/s1. The Hall–Kier alpha value is -2.04. The topological polar surface area (TPSA) is 146 Å². The lowest BCUT2D eigenvalue weighted by atomic mass is 9.80. The summed E-state index contributed by atoms with van der Waals surface area (Å²) in [5, 5.41) is 42.7. The normalized spacial score (nSPS) is 30.4. The van der Waals surface area contributed by atoms with Crippen molar-refractivity contribution < 1.29 is 44.2 Å². The Labute approximate surface area is 199 Å². The van der Waals surface area contributed by atoms with E-state index in [1.165, 1.54) is 13.2 Å². The number of phenols is 2. The number of Topliss-reactive ketones (excluding diaryl/α,β-unsaturated/α-hetero) is 1. The van der Waals surface area contributed by atoms with E-state index in [-0.39, 0.29) is 35.1 Å². The van der Waals surface area contributed by atoms with Crippen LogP contribution in [-0.2, 0) is 14.2 Å². The highest BCUT2D eigenvalue weighted by Crippen LogP contribution is 2.50. The minimum atomic E-state index is -1.40. The predicted molar refractivity (Wildman–Crippen MR) is 122 cm³/mol. The predicted octanol–water partition coefficient (Wildman–Crippen LogP) is 2.87. The highest BCUT2D eigenvalue weighted by molar-refractivity contribution is 6.04. The zero-order chi connectivity index (χ0) is 25.4. The van der Waals surface area contributed by atoms with Gasteiger partial charge in [0.25, 0.3) is 0 Å². The average Bonchev–Trinajstić information content (AvgIpc) is 3.53. The van der Waals surface area contributed by atoms with E-state index < -0.39 is 53.4 Å². The van der Waals surface area contributed by atoms with Gasteiger partial charge >= 0.3 is 0 Å². The van der Waals surface area contributed by atoms with Crippen molar-refractivity contribution in [1.29, 1.82) is 0 Å². The molecule has 1 aromatic rings. The van der Waals surface area contributed by atoms with Gasteiger partial charge in [-0.3, -0.25) is 9.59 Å². The zero-order valence-corrected chi connectivity index (χ0v) is 20.4. The van der Waals surface area contributed by atoms with Gasteiger partial charge < -0.3 is 34.6 Å². The molecule has 0 radical (unpaired) electrons. The number of epoxide rings is 1. The number of hydrogen-bond donors (Lipinski definition) is 4. The van der Waals surface area contributed by atoms with Gasteiger partial charge in [-0.2, -0.15) is 0 Å². The van der Waals surface area contributed by atoms with Crippen LogP contribution in [0.25, 0.3) is 0 Å². The molecule has 0 bridgehead atoms. The molecule has 0 aliphatic carbocycles. The van der Waals surface area contributed by atoms with Crippen molar-refractivity contribution in [2.75, 3.05) is 7.11 Å². The molecule has 9 nitrogen and oxygen atoms in total. The van der Waals surface area contributed by atoms with Gasteiger partial charge in [0, 0.05) is 25.0 Å². The summed E-state index contributed by atoms with van der Waals surface area (Å²) in [5.41, 5.74) is -1.48. The number of aldehydes is 1. The van der Waals surface area contributed by atoms with Gasteiger partial charge in [0.05, 0.1) is 35.5 Å². The second kappa shape index (κ2) is 10.3. The van der Waals surface area contributed by atoms with E-state index in [0.717, 1.165) is 0 Å². The molecule has 2 aliphatic rings. The maximum Gasteiger partial charge on any atom is 0.189 e. The first-order valence-electron chi connectivity index (χ1n) is 11.9. The molecule has 0 saturated carbocycles. The molecule has 2 heterocycles. The van der Waals surface area contributed by atoms with E-state index in [0.29, 0.717) is 25.5 Å². The van der Waals surface area contributed by atoms with E-state index >= 15 is 0 Å². The van der Waals surface area contributed by atoms with E-state index in [1.807, 2.05) is 27.7 Å². The number of phenolic OH excluding ortho intramolecular Hbond substituents is 2. The molecule has 7 atom stereocenters. The van der Waals surface area contributed by atoms with Gasteiger partial charge in [-0.25, -0.2) is 0 Å². The Morgan fingerprint density at radius 3 is 2.41 bits per heavy atom.